The molecule has 3 aromatic heterocycles. The van der Waals surface area contributed by atoms with E-state index in [-0.39, 0.29) is 23.4 Å². The molecule has 2 atom stereocenters. The summed E-state index contributed by atoms with van der Waals surface area (Å²) in [6, 6.07) is 3.02. The second-order valence-electron chi connectivity index (χ2n) is 8.08. The Labute approximate surface area is 175 Å². The van der Waals surface area contributed by atoms with E-state index in [4.69, 9.17) is 9.47 Å². The zero-order valence-electron chi connectivity index (χ0n) is 16.6. The molecule has 1 aliphatic heterocycles. The minimum Gasteiger partial charge on any atom is -0.444 e. The van der Waals surface area contributed by atoms with Gasteiger partial charge in [-0.25, -0.2) is 23.1 Å². The second kappa shape index (κ2) is 7.45. The van der Waals surface area contributed by atoms with Crippen molar-refractivity contribution in [3.05, 3.63) is 35.9 Å². The molecule has 0 radical (unpaired) electrons. The van der Waals surface area contributed by atoms with Gasteiger partial charge in [0, 0.05) is 30.4 Å². The van der Waals surface area contributed by atoms with E-state index < -0.39 is 12.5 Å². The number of alkyl carbamates (subject to hydrolysis) is 1. The molecule has 3 aromatic rings. The average Bonchev–Trinajstić information content (AvgIpc) is 3.17. The predicted molar refractivity (Wildman–Crippen MR) is 104 cm³/mol. The summed E-state index contributed by atoms with van der Waals surface area (Å²) in [6.07, 6.45) is 1.62. The molecule has 5 rings (SSSR count). The van der Waals surface area contributed by atoms with Gasteiger partial charge in [0.05, 0.1) is 12.3 Å². The van der Waals surface area contributed by atoms with Gasteiger partial charge < -0.3 is 20.1 Å². The van der Waals surface area contributed by atoms with E-state index in [9.17, 15) is 13.6 Å². The minimum atomic E-state index is -2.67. The second-order valence-corrected chi connectivity index (χ2v) is 8.08. The average molecular weight is 433 g/mol. The molecule has 1 amide bonds. The summed E-state index contributed by atoms with van der Waals surface area (Å²) in [6.45, 7) is 2.28. The standard InChI is InChI=1S/C19H21F2N7O3/c1-19(2-3-19)24-18(29)31-10-6-14(30-9-10)11-8-15(26-25-11)23-17-13-7-12(16(20)21)27-28(13)5-4-22-17/h4-5,7-8,10,14,16H,2-3,6,9H2,1H3,(H,24,29)(H2,22,23,25,26)/t10-,14-/m1/s1. The first kappa shape index (κ1) is 19.7. The van der Waals surface area contributed by atoms with Crippen LogP contribution < -0.4 is 10.6 Å². The van der Waals surface area contributed by atoms with Crippen LogP contribution in [0.15, 0.2) is 24.5 Å². The zero-order chi connectivity index (χ0) is 21.6. The number of aromatic nitrogens is 5. The Bertz CT molecular complexity index is 1110. The number of hydrogen-bond acceptors (Lipinski definition) is 7. The van der Waals surface area contributed by atoms with Gasteiger partial charge in [-0.3, -0.25) is 5.10 Å². The molecule has 1 saturated carbocycles. The third-order valence-corrected chi connectivity index (χ3v) is 5.46. The van der Waals surface area contributed by atoms with Gasteiger partial charge in [-0.1, -0.05) is 0 Å². The lowest BCUT2D eigenvalue weighted by Crippen LogP contribution is -2.37. The lowest BCUT2D eigenvalue weighted by atomic mass is 10.1. The summed E-state index contributed by atoms with van der Waals surface area (Å²) >= 11 is 0. The predicted octanol–water partition coefficient (Wildman–Crippen LogP) is 3.24. The molecule has 0 unspecified atom stereocenters. The maximum Gasteiger partial charge on any atom is 0.407 e. The van der Waals surface area contributed by atoms with E-state index in [0.29, 0.717) is 35.9 Å². The van der Waals surface area contributed by atoms with Crippen LogP contribution in [0.3, 0.4) is 0 Å². The lowest BCUT2D eigenvalue weighted by Gasteiger charge is -2.15. The van der Waals surface area contributed by atoms with Crippen LogP contribution in [-0.4, -0.2) is 49.1 Å². The number of rotatable bonds is 6. The molecule has 1 saturated heterocycles. The Kier molecular flexibility index (Phi) is 4.73. The highest BCUT2D eigenvalue weighted by molar-refractivity contribution is 5.72. The molecule has 0 bridgehead atoms. The fraction of sp³-hybridized carbons (Fsp3) is 0.474. The summed E-state index contributed by atoms with van der Waals surface area (Å²) in [4.78, 5) is 16.2. The monoisotopic (exact) mass is 433 g/mol. The number of hydrogen-bond donors (Lipinski definition) is 3. The number of aromatic amines is 1. The van der Waals surface area contributed by atoms with Crippen molar-refractivity contribution in [2.24, 2.45) is 0 Å². The molecule has 12 heteroatoms. The Morgan fingerprint density at radius 2 is 2.26 bits per heavy atom. The smallest absolute Gasteiger partial charge is 0.407 e. The Morgan fingerprint density at radius 3 is 3.03 bits per heavy atom. The molecular formula is C19H21F2N7O3. The van der Waals surface area contributed by atoms with Crippen molar-refractivity contribution in [2.45, 2.75) is 50.4 Å². The normalized spacial score (nSPS) is 22.1. The van der Waals surface area contributed by atoms with Gasteiger partial charge in [-0.15, -0.1) is 0 Å². The van der Waals surface area contributed by atoms with Crippen molar-refractivity contribution in [3.63, 3.8) is 0 Å². The Morgan fingerprint density at radius 1 is 1.42 bits per heavy atom. The van der Waals surface area contributed by atoms with E-state index in [1.54, 1.807) is 6.07 Å². The number of anilines is 2. The summed E-state index contributed by atoms with van der Waals surface area (Å²) in [7, 11) is 0. The summed E-state index contributed by atoms with van der Waals surface area (Å²) < 4.78 is 38.4. The van der Waals surface area contributed by atoms with Gasteiger partial charge in [0.25, 0.3) is 6.43 Å². The fourth-order valence-corrected chi connectivity index (χ4v) is 3.47. The Hall–Kier alpha value is -3.28. The number of ether oxygens (including phenoxy) is 2. The summed E-state index contributed by atoms with van der Waals surface area (Å²) in [5.74, 6) is 0.793. The molecule has 0 aromatic carbocycles. The van der Waals surface area contributed by atoms with Crippen LogP contribution in [0.4, 0.5) is 25.2 Å². The number of nitrogens with one attached hydrogen (secondary N) is 3. The van der Waals surface area contributed by atoms with Crippen molar-refractivity contribution in [3.8, 4) is 0 Å². The van der Waals surface area contributed by atoms with E-state index in [2.05, 4.69) is 30.9 Å². The van der Waals surface area contributed by atoms with Crippen molar-refractivity contribution in [1.29, 1.82) is 0 Å². The van der Waals surface area contributed by atoms with Crippen LogP contribution in [0, 0.1) is 0 Å². The molecule has 4 heterocycles. The maximum atomic E-state index is 13.0. The van der Waals surface area contributed by atoms with E-state index in [0.717, 1.165) is 12.8 Å². The van der Waals surface area contributed by atoms with Gasteiger partial charge in [0.2, 0.25) is 0 Å². The van der Waals surface area contributed by atoms with Crippen LogP contribution in [0.1, 0.15) is 50.1 Å². The largest absolute Gasteiger partial charge is 0.444 e. The van der Waals surface area contributed by atoms with Gasteiger partial charge in [0.1, 0.15) is 23.4 Å². The Balaban J connectivity index is 1.23. The number of carbonyl (C=O) groups excluding carboxylic acids is 1. The number of fused-ring (bicyclic) bond motifs is 1. The zero-order valence-corrected chi connectivity index (χ0v) is 16.6. The first-order valence-electron chi connectivity index (χ1n) is 9.94. The van der Waals surface area contributed by atoms with Crippen molar-refractivity contribution >= 4 is 23.2 Å². The molecule has 1 aliphatic carbocycles. The highest BCUT2D eigenvalue weighted by Crippen LogP contribution is 2.35. The van der Waals surface area contributed by atoms with Crippen molar-refractivity contribution in [1.82, 2.24) is 30.1 Å². The van der Waals surface area contributed by atoms with Crippen LogP contribution in [0.5, 0.6) is 0 Å². The van der Waals surface area contributed by atoms with Gasteiger partial charge >= 0.3 is 6.09 Å². The van der Waals surface area contributed by atoms with Crippen molar-refractivity contribution in [2.75, 3.05) is 11.9 Å². The molecular weight excluding hydrogens is 412 g/mol. The third kappa shape index (κ3) is 4.15. The lowest BCUT2D eigenvalue weighted by molar-refractivity contribution is 0.0675. The number of H-pyrrole nitrogens is 1. The molecule has 0 spiro atoms. The molecule has 2 fully saturated rings. The first-order chi connectivity index (χ1) is 14.9. The van der Waals surface area contributed by atoms with Gasteiger partial charge in [-0.05, 0) is 25.8 Å². The fourth-order valence-electron chi connectivity index (χ4n) is 3.47. The van der Waals surface area contributed by atoms with E-state index in [1.165, 1.54) is 23.0 Å². The molecule has 3 N–H and O–H groups in total. The number of nitrogens with zero attached hydrogens (tertiary/aromatic N) is 4. The number of carbonyl (C=O) groups is 1. The molecule has 164 valence electrons. The summed E-state index contributed by atoms with van der Waals surface area (Å²) in [5, 5.41) is 16.8. The van der Waals surface area contributed by atoms with Gasteiger partial charge in [0.15, 0.2) is 11.6 Å². The van der Waals surface area contributed by atoms with Crippen LogP contribution in [0.25, 0.3) is 5.52 Å². The van der Waals surface area contributed by atoms with Gasteiger partial charge in [-0.2, -0.15) is 10.2 Å². The minimum absolute atomic E-state index is 0.137. The van der Waals surface area contributed by atoms with E-state index in [1.807, 2.05) is 6.92 Å². The number of amides is 1. The number of alkyl halides is 2. The topological polar surface area (TPSA) is 118 Å². The number of halogens is 2. The highest BCUT2D eigenvalue weighted by atomic mass is 19.3. The molecule has 2 aliphatic rings. The van der Waals surface area contributed by atoms with Crippen LogP contribution in [0.2, 0.25) is 0 Å². The van der Waals surface area contributed by atoms with E-state index >= 15 is 0 Å². The van der Waals surface area contributed by atoms with Crippen LogP contribution in [-0.2, 0) is 9.47 Å². The highest BCUT2D eigenvalue weighted by Gasteiger charge is 2.40. The molecule has 10 nitrogen and oxygen atoms in total. The SMILES string of the molecule is CC1(NC(=O)O[C@H]2CO[C@@H](c3cc(Nc4nccn5nc(C(F)F)cc45)n[nH]3)C2)CC1. The van der Waals surface area contributed by atoms with Crippen LogP contribution >= 0.6 is 0 Å². The maximum absolute atomic E-state index is 13.0. The summed E-state index contributed by atoms with van der Waals surface area (Å²) in [5.41, 5.74) is 0.645. The quantitative estimate of drug-likeness (QED) is 0.546. The van der Waals surface area contributed by atoms with Crippen molar-refractivity contribution < 1.29 is 23.0 Å². The first-order valence-corrected chi connectivity index (χ1v) is 9.94. The molecule has 31 heavy (non-hydrogen) atoms. The third-order valence-electron chi connectivity index (χ3n) is 5.46.